The number of rotatable bonds is 5. The zero-order chi connectivity index (χ0) is 21.1. The Kier molecular flexibility index (Phi) is 7.73. The summed E-state index contributed by atoms with van der Waals surface area (Å²) in [6, 6.07) is 0. The normalized spacial score (nSPS) is 16.8. The molecule has 4 rings (SSSR count). The maximum atomic E-state index is 12.6. The highest BCUT2D eigenvalue weighted by Gasteiger charge is 2.27. The van der Waals surface area contributed by atoms with Crippen LogP contribution in [0, 0.1) is 0 Å². The highest BCUT2D eigenvalue weighted by atomic mass is 127. The SMILES string of the molecule is CN=C(NCCCn1nc2n(c1=O)CCCC2)N1CCN(c2cnn(C)c2)C(=O)C1.I. The van der Waals surface area contributed by atoms with Gasteiger partial charge < -0.3 is 15.1 Å². The number of halogens is 1. The Labute approximate surface area is 198 Å². The van der Waals surface area contributed by atoms with Crippen molar-refractivity contribution < 1.29 is 4.79 Å². The molecule has 1 fully saturated rings. The Balaban J connectivity index is 0.00000272. The predicted octanol–water partition coefficient (Wildman–Crippen LogP) is 0.0469. The molecule has 0 spiro atoms. The summed E-state index contributed by atoms with van der Waals surface area (Å²) in [6.07, 6.45) is 7.32. The number of hydrogen-bond acceptors (Lipinski definition) is 5. The lowest BCUT2D eigenvalue weighted by Crippen LogP contribution is -2.55. The number of nitrogens with zero attached hydrogens (tertiary/aromatic N) is 8. The molecule has 0 atom stereocenters. The van der Waals surface area contributed by atoms with E-state index in [4.69, 9.17) is 0 Å². The van der Waals surface area contributed by atoms with E-state index in [0.717, 1.165) is 43.7 Å². The van der Waals surface area contributed by atoms with Crippen LogP contribution in [-0.2, 0) is 31.4 Å². The summed E-state index contributed by atoms with van der Waals surface area (Å²) in [5.41, 5.74) is 0.810. The van der Waals surface area contributed by atoms with E-state index < -0.39 is 0 Å². The Bertz CT molecular complexity index is 993. The van der Waals surface area contributed by atoms with Gasteiger partial charge in [0, 0.05) is 59.4 Å². The van der Waals surface area contributed by atoms with Gasteiger partial charge in [0.25, 0.3) is 0 Å². The molecule has 1 N–H and O–H groups in total. The van der Waals surface area contributed by atoms with Crippen LogP contribution < -0.4 is 15.9 Å². The van der Waals surface area contributed by atoms with Crippen LogP contribution in [0.4, 0.5) is 5.69 Å². The van der Waals surface area contributed by atoms with Gasteiger partial charge >= 0.3 is 5.69 Å². The molecule has 0 saturated carbocycles. The van der Waals surface area contributed by atoms with E-state index in [1.807, 2.05) is 18.1 Å². The van der Waals surface area contributed by atoms with Gasteiger partial charge in [-0.2, -0.15) is 10.2 Å². The van der Waals surface area contributed by atoms with Crippen molar-refractivity contribution >= 4 is 41.5 Å². The molecule has 31 heavy (non-hydrogen) atoms. The summed E-state index contributed by atoms with van der Waals surface area (Å²) in [5.74, 6) is 1.62. The van der Waals surface area contributed by atoms with Crippen molar-refractivity contribution in [3.8, 4) is 0 Å². The van der Waals surface area contributed by atoms with Crippen molar-refractivity contribution in [3.05, 3.63) is 28.7 Å². The van der Waals surface area contributed by atoms with Crippen LogP contribution in [0.5, 0.6) is 0 Å². The van der Waals surface area contributed by atoms with Crippen molar-refractivity contribution in [1.82, 2.24) is 34.3 Å². The van der Waals surface area contributed by atoms with Crippen LogP contribution in [0.3, 0.4) is 0 Å². The monoisotopic (exact) mass is 543 g/mol. The number of aliphatic imine (C=N–C) groups is 1. The predicted molar refractivity (Wildman–Crippen MR) is 128 cm³/mol. The first-order chi connectivity index (χ1) is 14.6. The van der Waals surface area contributed by atoms with E-state index in [2.05, 4.69) is 20.5 Å². The first-order valence-corrected chi connectivity index (χ1v) is 10.5. The van der Waals surface area contributed by atoms with Gasteiger partial charge in [0.15, 0.2) is 5.96 Å². The number of piperazine rings is 1. The molecule has 170 valence electrons. The molecular formula is C19H30IN9O2. The lowest BCUT2D eigenvalue weighted by Gasteiger charge is -2.35. The molecule has 11 nitrogen and oxygen atoms in total. The van der Waals surface area contributed by atoms with Gasteiger partial charge in [-0.15, -0.1) is 24.0 Å². The van der Waals surface area contributed by atoms with Crippen molar-refractivity contribution in [2.75, 3.05) is 38.1 Å². The minimum absolute atomic E-state index is 0. The molecule has 2 aliphatic heterocycles. The van der Waals surface area contributed by atoms with Gasteiger partial charge in [0.05, 0.1) is 11.9 Å². The molecule has 0 radical (unpaired) electrons. The number of carbonyl (C=O) groups excluding carboxylic acids is 1. The highest BCUT2D eigenvalue weighted by molar-refractivity contribution is 14.0. The Hall–Kier alpha value is -2.38. The van der Waals surface area contributed by atoms with E-state index in [9.17, 15) is 9.59 Å². The summed E-state index contributed by atoms with van der Waals surface area (Å²) < 4.78 is 5.06. The van der Waals surface area contributed by atoms with Crippen LogP contribution >= 0.6 is 24.0 Å². The van der Waals surface area contributed by atoms with E-state index in [-0.39, 0.29) is 42.1 Å². The standard InChI is InChI=1S/C19H29N9O2.HI/c1-20-18(25-10-11-26(17(29)14-25)15-12-22-24(2)13-15)21-7-5-9-28-19(30)27-8-4-3-6-16(27)23-28;/h12-13H,3-11,14H2,1-2H3,(H,20,21);1H. The zero-order valence-electron chi connectivity index (χ0n) is 18.0. The molecule has 12 heteroatoms. The second kappa shape index (κ2) is 10.3. The van der Waals surface area contributed by atoms with Gasteiger partial charge in [0.1, 0.15) is 12.4 Å². The number of fused-ring (bicyclic) bond motifs is 1. The number of guanidine groups is 1. The topological polar surface area (TPSA) is 106 Å². The average Bonchev–Trinajstić information content (AvgIpc) is 3.31. The Morgan fingerprint density at radius 1 is 1.23 bits per heavy atom. The smallest absolute Gasteiger partial charge is 0.345 e. The molecule has 0 aliphatic carbocycles. The van der Waals surface area contributed by atoms with Gasteiger partial charge in [-0.05, 0) is 19.3 Å². The molecule has 4 heterocycles. The second-order valence-corrected chi connectivity index (χ2v) is 7.70. The Morgan fingerprint density at radius 2 is 2.06 bits per heavy atom. The first-order valence-electron chi connectivity index (χ1n) is 10.5. The molecule has 0 unspecified atom stereocenters. The molecule has 0 bridgehead atoms. The van der Waals surface area contributed by atoms with Crippen LogP contribution in [0.1, 0.15) is 25.1 Å². The number of aryl methyl sites for hydroxylation is 3. The van der Waals surface area contributed by atoms with Gasteiger partial charge in [0.2, 0.25) is 5.91 Å². The lowest BCUT2D eigenvalue weighted by atomic mass is 10.2. The third-order valence-electron chi connectivity index (χ3n) is 5.60. The fourth-order valence-corrected chi connectivity index (χ4v) is 4.03. The van der Waals surface area contributed by atoms with Crippen molar-refractivity contribution in [3.63, 3.8) is 0 Å². The number of carbonyl (C=O) groups is 1. The van der Waals surface area contributed by atoms with Gasteiger partial charge in [-0.25, -0.2) is 9.48 Å². The molecule has 0 aromatic carbocycles. The molecule has 2 aromatic rings. The zero-order valence-corrected chi connectivity index (χ0v) is 20.4. The molecule has 1 saturated heterocycles. The fourth-order valence-electron chi connectivity index (χ4n) is 4.03. The summed E-state index contributed by atoms with van der Waals surface area (Å²) >= 11 is 0. The maximum absolute atomic E-state index is 12.6. The van der Waals surface area contributed by atoms with Crippen molar-refractivity contribution in [2.24, 2.45) is 12.0 Å². The first kappa shape index (κ1) is 23.3. The minimum atomic E-state index is -0.00815. The summed E-state index contributed by atoms with van der Waals surface area (Å²) in [6.45, 7) is 3.53. The molecule has 2 aromatic heterocycles. The van der Waals surface area contributed by atoms with Crippen molar-refractivity contribution in [2.45, 2.75) is 38.8 Å². The lowest BCUT2D eigenvalue weighted by molar-refractivity contribution is -0.120. The second-order valence-electron chi connectivity index (χ2n) is 7.70. The molecular weight excluding hydrogens is 513 g/mol. The summed E-state index contributed by atoms with van der Waals surface area (Å²) in [7, 11) is 3.55. The number of nitrogens with one attached hydrogen (secondary N) is 1. The van der Waals surface area contributed by atoms with Crippen molar-refractivity contribution in [1.29, 1.82) is 0 Å². The largest absolute Gasteiger partial charge is 0.356 e. The highest BCUT2D eigenvalue weighted by Crippen LogP contribution is 2.16. The van der Waals surface area contributed by atoms with E-state index in [1.165, 1.54) is 0 Å². The van der Waals surface area contributed by atoms with Crippen LogP contribution in [-0.4, -0.2) is 74.1 Å². The van der Waals surface area contributed by atoms with Gasteiger partial charge in [-0.1, -0.05) is 0 Å². The van der Waals surface area contributed by atoms with Crippen LogP contribution in [0.15, 0.2) is 22.2 Å². The molecule has 1 amide bonds. The number of anilines is 1. The van der Waals surface area contributed by atoms with Crippen LogP contribution in [0.25, 0.3) is 0 Å². The Morgan fingerprint density at radius 3 is 2.74 bits per heavy atom. The number of aromatic nitrogens is 5. The van der Waals surface area contributed by atoms with E-state index >= 15 is 0 Å². The fraction of sp³-hybridized carbons (Fsp3) is 0.632. The number of hydrogen-bond donors (Lipinski definition) is 1. The quantitative estimate of drug-likeness (QED) is 0.247. The third-order valence-corrected chi connectivity index (χ3v) is 5.60. The summed E-state index contributed by atoms with van der Waals surface area (Å²) in [4.78, 5) is 33.0. The molecule has 2 aliphatic rings. The maximum Gasteiger partial charge on any atom is 0.345 e. The van der Waals surface area contributed by atoms with E-state index in [1.54, 1.807) is 32.1 Å². The van der Waals surface area contributed by atoms with E-state index in [0.29, 0.717) is 32.1 Å². The number of amides is 1. The minimum Gasteiger partial charge on any atom is -0.356 e. The summed E-state index contributed by atoms with van der Waals surface area (Å²) in [5, 5.41) is 11.9. The van der Waals surface area contributed by atoms with Crippen LogP contribution in [0.2, 0.25) is 0 Å². The van der Waals surface area contributed by atoms with Gasteiger partial charge in [-0.3, -0.25) is 19.0 Å². The third kappa shape index (κ3) is 5.10. The average molecular weight is 543 g/mol.